The summed E-state index contributed by atoms with van der Waals surface area (Å²) in [5.74, 6) is -1.04. The third-order valence-corrected chi connectivity index (χ3v) is 10.6. The molecule has 1 aromatic carbocycles. The van der Waals surface area contributed by atoms with Crippen LogP contribution in [0.2, 0.25) is 0 Å². The van der Waals surface area contributed by atoms with Crippen LogP contribution in [0, 0.1) is 5.92 Å². The normalized spacial score (nSPS) is 26.5. The predicted octanol–water partition coefficient (Wildman–Crippen LogP) is 2.90. The van der Waals surface area contributed by atoms with Crippen LogP contribution in [0.5, 0.6) is 0 Å². The van der Waals surface area contributed by atoms with Gasteiger partial charge in [0.1, 0.15) is 6.04 Å². The molecule has 204 valence electrons. The fourth-order valence-electron chi connectivity index (χ4n) is 6.11. The molecule has 1 aromatic rings. The molecule has 0 radical (unpaired) electrons. The smallest absolute Gasteiger partial charge is 0.350 e. The Bertz CT molecular complexity index is 1130. The molecule has 2 amide bonds. The number of hydrogen-bond donors (Lipinski definition) is 1. The van der Waals surface area contributed by atoms with Gasteiger partial charge in [-0.15, -0.1) is 0 Å². The van der Waals surface area contributed by atoms with E-state index in [0.717, 1.165) is 37.8 Å². The average molecular weight is 543 g/mol. The summed E-state index contributed by atoms with van der Waals surface area (Å²) in [5.41, 5.74) is -0.433. The van der Waals surface area contributed by atoms with Crippen molar-refractivity contribution in [1.29, 1.82) is 0 Å². The van der Waals surface area contributed by atoms with Crippen molar-refractivity contribution in [1.82, 2.24) is 18.8 Å². The molecular weight excluding hydrogens is 509 g/mol. The maximum atomic E-state index is 13.4. The van der Waals surface area contributed by atoms with E-state index in [1.54, 1.807) is 9.21 Å². The average Bonchev–Trinajstić information content (AvgIpc) is 3.30. The van der Waals surface area contributed by atoms with Gasteiger partial charge in [-0.05, 0) is 69.1 Å². The first-order chi connectivity index (χ1) is 17.5. The van der Waals surface area contributed by atoms with Crippen LogP contribution in [0.3, 0.4) is 0 Å². The van der Waals surface area contributed by atoms with E-state index in [2.05, 4.69) is 5.32 Å². The summed E-state index contributed by atoms with van der Waals surface area (Å²) in [5, 5.41) is 2.74. The molecule has 3 saturated heterocycles. The second kappa shape index (κ2) is 9.85. The van der Waals surface area contributed by atoms with E-state index >= 15 is 0 Å². The van der Waals surface area contributed by atoms with Crippen molar-refractivity contribution in [3.05, 3.63) is 35.4 Å². The lowest BCUT2D eigenvalue weighted by Crippen LogP contribution is -2.68. The second-order valence-corrected chi connectivity index (χ2v) is 12.6. The Morgan fingerprint density at radius 3 is 2.27 bits per heavy atom. The highest BCUT2D eigenvalue weighted by atomic mass is 32.2. The molecule has 3 aliphatic heterocycles. The minimum absolute atomic E-state index is 0.0581. The van der Waals surface area contributed by atoms with Crippen LogP contribution in [-0.4, -0.2) is 71.5 Å². The number of nitrogens with zero attached hydrogens (tertiary/aromatic N) is 3. The third kappa shape index (κ3) is 4.99. The number of halogens is 3. The molecule has 2 atom stereocenters. The Labute approximate surface area is 215 Å². The Morgan fingerprint density at radius 1 is 0.973 bits per heavy atom. The molecule has 1 unspecified atom stereocenters. The third-order valence-electron chi connectivity index (χ3n) is 8.52. The van der Waals surface area contributed by atoms with Gasteiger partial charge in [0, 0.05) is 38.3 Å². The van der Waals surface area contributed by atoms with E-state index in [-0.39, 0.29) is 30.4 Å². The van der Waals surface area contributed by atoms with E-state index in [1.807, 2.05) is 0 Å². The molecule has 8 nitrogen and oxygen atoms in total. The zero-order valence-corrected chi connectivity index (χ0v) is 21.5. The van der Waals surface area contributed by atoms with Gasteiger partial charge in [-0.2, -0.15) is 30.2 Å². The molecule has 1 spiro atoms. The van der Waals surface area contributed by atoms with E-state index in [1.165, 1.54) is 16.4 Å². The Balaban J connectivity index is 1.18. The van der Waals surface area contributed by atoms with Crippen LogP contribution in [0.1, 0.15) is 62.5 Å². The van der Waals surface area contributed by atoms with Gasteiger partial charge >= 0.3 is 6.18 Å². The molecule has 4 fully saturated rings. The highest BCUT2D eigenvalue weighted by Gasteiger charge is 2.56. The molecule has 0 aromatic heterocycles. The van der Waals surface area contributed by atoms with Crippen molar-refractivity contribution < 1.29 is 31.2 Å². The van der Waals surface area contributed by atoms with E-state index in [4.69, 9.17) is 0 Å². The molecule has 1 N–H and O–H groups in total. The number of alkyl halides is 3. The monoisotopic (exact) mass is 542 g/mol. The summed E-state index contributed by atoms with van der Waals surface area (Å²) in [6.07, 6.45) is 1.66. The Morgan fingerprint density at radius 2 is 1.68 bits per heavy atom. The summed E-state index contributed by atoms with van der Waals surface area (Å²) in [6.45, 7) is 1.54. The summed E-state index contributed by atoms with van der Waals surface area (Å²) in [7, 11) is -3.62. The molecule has 1 aliphatic carbocycles. The Kier molecular flexibility index (Phi) is 7.03. The number of likely N-dealkylation sites (tertiary alicyclic amines) is 1. The number of amides is 2. The van der Waals surface area contributed by atoms with E-state index in [0.29, 0.717) is 50.9 Å². The summed E-state index contributed by atoms with van der Waals surface area (Å²) < 4.78 is 68.1. The molecule has 12 heteroatoms. The molecular formula is C25H33F3N4O4S. The Hall–Kier alpha value is -2.18. The molecule has 0 bridgehead atoms. The van der Waals surface area contributed by atoms with Gasteiger partial charge in [0.05, 0.1) is 11.5 Å². The molecule has 1 saturated carbocycles. The SMILES string of the molecule is O=C(NCc1ccc(C(F)(F)F)cc1)[C@H]1CCCN1C(=O)C1CCCN(S(=O)(=O)N2CCC23CCC3)C1. The van der Waals surface area contributed by atoms with Gasteiger partial charge < -0.3 is 10.2 Å². The van der Waals surface area contributed by atoms with Crippen LogP contribution in [-0.2, 0) is 32.5 Å². The molecule has 5 rings (SSSR count). The van der Waals surface area contributed by atoms with Crippen molar-refractivity contribution in [2.45, 2.75) is 75.7 Å². The number of carbonyl (C=O) groups excluding carboxylic acids is 2. The largest absolute Gasteiger partial charge is 0.416 e. The van der Waals surface area contributed by atoms with Crippen LogP contribution >= 0.6 is 0 Å². The van der Waals surface area contributed by atoms with E-state index in [9.17, 15) is 31.2 Å². The van der Waals surface area contributed by atoms with Crippen molar-refractivity contribution in [3.63, 3.8) is 0 Å². The van der Waals surface area contributed by atoms with Gasteiger partial charge in [-0.25, -0.2) is 0 Å². The quantitative estimate of drug-likeness (QED) is 0.599. The fraction of sp³-hybridized carbons (Fsp3) is 0.680. The first-order valence-electron chi connectivity index (χ1n) is 13.0. The standard InChI is InChI=1S/C25H33F3N4O4S/c26-25(27,28)20-8-6-18(7-9-20)16-29-22(33)21-5-2-14-31(21)23(34)19-4-1-13-30(17-19)37(35,36)32-15-12-24(32)10-3-11-24/h6-9,19,21H,1-5,10-17H2,(H,29,33)/t19?,21-/m1/s1. The molecule has 37 heavy (non-hydrogen) atoms. The number of rotatable bonds is 6. The van der Waals surface area contributed by atoms with Gasteiger partial charge in [-0.3, -0.25) is 9.59 Å². The second-order valence-electron chi connectivity index (χ2n) is 10.7. The lowest BCUT2D eigenvalue weighted by molar-refractivity contribution is -0.142. The maximum absolute atomic E-state index is 13.4. The van der Waals surface area contributed by atoms with Gasteiger partial charge in [0.2, 0.25) is 11.8 Å². The van der Waals surface area contributed by atoms with E-state index < -0.39 is 33.9 Å². The number of carbonyl (C=O) groups is 2. The first-order valence-corrected chi connectivity index (χ1v) is 14.4. The highest BCUT2D eigenvalue weighted by molar-refractivity contribution is 7.86. The summed E-state index contributed by atoms with van der Waals surface area (Å²) in [4.78, 5) is 27.9. The van der Waals surface area contributed by atoms with Gasteiger partial charge in [0.15, 0.2) is 0 Å². The van der Waals surface area contributed by atoms with Gasteiger partial charge in [0.25, 0.3) is 10.2 Å². The topological polar surface area (TPSA) is 90.0 Å². The minimum Gasteiger partial charge on any atom is -0.350 e. The van der Waals surface area contributed by atoms with Crippen LogP contribution < -0.4 is 5.32 Å². The molecule has 4 aliphatic rings. The first kappa shape index (κ1) is 26.4. The number of piperidine rings is 1. The number of nitrogens with one attached hydrogen (secondary N) is 1. The predicted molar refractivity (Wildman–Crippen MR) is 129 cm³/mol. The fourth-order valence-corrected chi connectivity index (χ4v) is 8.20. The lowest BCUT2D eigenvalue weighted by Gasteiger charge is -2.58. The summed E-state index contributed by atoms with van der Waals surface area (Å²) in [6, 6.07) is 3.93. The zero-order valence-electron chi connectivity index (χ0n) is 20.7. The van der Waals surface area contributed by atoms with Crippen molar-refractivity contribution in [2.24, 2.45) is 5.92 Å². The van der Waals surface area contributed by atoms with Crippen LogP contribution in [0.4, 0.5) is 13.2 Å². The maximum Gasteiger partial charge on any atom is 0.416 e. The van der Waals surface area contributed by atoms with Crippen molar-refractivity contribution in [3.8, 4) is 0 Å². The minimum atomic E-state index is -4.42. The zero-order chi connectivity index (χ0) is 26.4. The number of hydrogen-bond acceptors (Lipinski definition) is 4. The van der Waals surface area contributed by atoms with Crippen LogP contribution in [0.25, 0.3) is 0 Å². The number of benzene rings is 1. The lowest BCUT2D eigenvalue weighted by atomic mass is 9.70. The summed E-state index contributed by atoms with van der Waals surface area (Å²) >= 11 is 0. The van der Waals surface area contributed by atoms with Crippen LogP contribution in [0.15, 0.2) is 24.3 Å². The highest BCUT2D eigenvalue weighted by Crippen LogP contribution is 2.49. The van der Waals surface area contributed by atoms with Crippen molar-refractivity contribution in [2.75, 3.05) is 26.2 Å². The van der Waals surface area contributed by atoms with Gasteiger partial charge in [-0.1, -0.05) is 12.1 Å². The molecule has 3 heterocycles. The van der Waals surface area contributed by atoms with Crippen molar-refractivity contribution >= 4 is 22.0 Å².